The van der Waals surface area contributed by atoms with Gasteiger partial charge in [0, 0.05) is 19.0 Å². The lowest BCUT2D eigenvalue weighted by atomic mass is 9.86. The third-order valence-electron chi connectivity index (χ3n) is 5.37. The Hall–Kier alpha value is -0.570. The topological polar surface area (TPSA) is 40.5 Å². The molecular formula is C16H29NO2. The number of aliphatic hydroxyl groups is 1. The molecule has 0 radical (unpaired) electrons. The highest BCUT2D eigenvalue weighted by molar-refractivity contribution is 5.77. The van der Waals surface area contributed by atoms with Crippen LogP contribution in [0.15, 0.2) is 0 Å². The molecule has 3 atom stereocenters. The Kier molecular flexibility index (Phi) is 5.26. The number of carbonyl (C=O) groups excluding carboxylic acids is 1. The zero-order chi connectivity index (χ0) is 13.8. The van der Waals surface area contributed by atoms with Gasteiger partial charge in [0.2, 0.25) is 5.91 Å². The number of amides is 1. The fourth-order valence-corrected chi connectivity index (χ4v) is 4.32. The van der Waals surface area contributed by atoms with Crippen LogP contribution in [0.1, 0.15) is 58.8 Å². The van der Waals surface area contributed by atoms with Crippen molar-refractivity contribution in [2.24, 2.45) is 17.8 Å². The van der Waals surface area contributed by atoms with E-state index in [4.69, 9.17) is 0 Å². The van der Waals surface area contributed by atoms with E-state index in [0.717, 1.165) is 31.1 Å². The minimum absolute atomic E-state index is 0.0823. The van der Waals surface area contributed by atoms with Crippen LogP contribution in [0.4, 0.5) is 0 Å². The van der Waals surface area contributed by atoms with Crippen molar-refractivity contribution in [3.8, 4) is 0 Å². The number of hydrogen-bond acceptors (Lipinski definition) is 2. The molecule has 0 aromatic carbocycles. The predicted molar refractivity (Wildman–Crippen MR) is 76.7 cm³/mol. The number of fused-ring (bicyclic) bond motifs is 2. The quantitative estimate of drug-likeness (QED) is 0.770. The van der Waals surface area contributed by atoms with Crippen LogP contribution in [0, 0.1) is 17.8 Å². The van der Waals surface area contributed by atoms with Crippen LogP contribution < -0.4 is 0 Å². The van der Waals surface area contributed by atoms with Gasteiger partial charge in [-0.05, 0) is 49.9 Å². The van der Waals surface area contributed by atoms with Gasteiger partial charge in [-0.15, -0.1) is 0 Å². The highest BCUT2D eigenvalue weighted by Crippen LogP contribution is 2.49. The standard InChI is InChI=1S/C16H29NO2/c1-3-15(4-2)17(7-8-18)16(19)11-14-10-12-5-6-13(14)9-12/h12-15,18H,3-11H2,1-2H3. The molecule has 19 heavy (non-hydrogen) atoms. The van der Waals surface area contributed by atoms with Gasteiger partial charge in [-0.3, -0.25) is 4.79 Å². The van der Waals surface area contributed by atoms with Crippen molar-refractivity contribution in [3.05, 3.63) is 0 Å². The third-order valence-corrected chi connectivity index (χ3v) is 5.37. The second kappa shape index (κ2) is 6.74. The summed E-state index contributed by atoms with van der Waals surface area (Å²) in [4.78, 5) is 14.5. The first-order valence-electron chi connectivity index (χ1n) is 8.09. The molecule has 0 aromatic rings. The number of aliphatic hydroxyl groups excluding tert-OH is 1. The van der Waals surface area contributed by atoms with E-state index in [1.807, 2.05) is 4.90 Å². The highest BCUT2D eigenvalue weighted by Gasteiger charge is 2.40. The van der Waals surface area contributed by atoms with E-state index in [9.17, 15) is 9.90 Å². The molecule has 0 aliphatic heterocycles. The fourth-order valence-electron chi connectivity index (χ4n) is 4.32. The predicted octanol–water partition coefficient (Wildman–Crippen LogP) is 2.82. The summed E-state index contributed by atoms with van der Waals surface area (Å²) in [7, 11) is 0. The van der Waals surface area contributed by atoms with E-state index in [-0.39, 0.29) is 12.5 Å². The highest BCUT2D eigenvalue weighted by atomic mass is 16.3. The molecule has 3 heteroatoms. The molecule has 1 N–H and O–H groups in total. The summed E-state index contributed by atoms with van der Waals surface area (Å²) in [6.07, 6.45) is 8.06. The van der Waals surface area contributed by atoms with Gasteiger partial charge in [-0.2, -0.15) is 0 Å². The minimum Gasteiger partial charge on any atom is -0.395 e. The normalized spacial score (nSPS) is 29.2. The van der Waals surface area contributed by atoms with Crippen LogP contribution >= 0.6 is 0 Å². The SMILES string of the molecule is CCC(CC)N(CCO)C(=O)CC1CC2CCC1C2. The van der Waals surface area contributed by atoms with E-state index in [0.29, 0.717) is 18.5 Å². The van der Waals surface area contributed by atoms with Gasteiger partial charge in [-0.1, -0.05) is 20.3 Å². The van der Waals surface area contributed by atoms with Crippen LogP contribution in [0.2, 0.25) is 0 Å². The molecule has 2 saturated carbocycles. The van der Waals surface area contributed by atoms with Crippen molar-refractivity contribution in [2.45, 2.75) is 64.8 Å². The zero-order valence-electron chi connectivity index (χ0n) is 12.5. The summed E-state index contributed by atoms with van der Waals surface area (Å²) in [5.74, 6) is 2.62. The van der Waals surface area contributed by atoms with Gasteiger partial charge in [0.15, 0.2) is 0 Å². The van der Waals surface area contributed by atoms with E-state index in [2.05, 4.69) is 13.8 Å². The van der Waals surface area contributed by atoms with Crippen LogP contribution in [-0.4, -0.2) is 35.1 Å². The maximum Gasteiger partial charge on any atom is 0.223 e. The van der Waals surface area contributed by atoms with Gasteiger partial charge in [0.1, 0.15) is 0 Å². The van der Waals surface area contributed by atoms with Crippen LogP contribution in [0.5, 0.6) is 0 Å². The molecule has 2 rings (SSSR count). The Morgan fingerprint density at radius 3 is 2.47 bits per heavy atom. The van der Waals surface area contributed by atoms with Gasteiger partial charge >= 0.3 is 0 Å². The second-order valence-electron chi connectivity index (χ2n) is 6.42. The molecule has 3 nitrogen and oxygen atoms in total. The Balaban J connectivity index is 1.91. The molecular weight excluding hydrogens is 238 g/mol. The third kappa shape index (κ3) is 3.31. The maximum absolute atomic E-state index is 12.5. The lowest BCUT2D eigenvalue weighted by Gasteiger charge is -2.32. The van der Waals surface area contributed by atoms with Crippen molar-refractivity contribution in [3.63, 3.8) is 0 Å². The van der Waals surface area contributed by atoms with Crippen LogP contribution in [0.25, 0.3) is 0 Å². The number of rotatable bonds is 7. The Morgan fingerprint density at radius 2 is 2.00 bits per heavy atom. The summed E-state index contributed by atoms with van der Waals surface area (Å²) in [5, 5.41) is 9.20. The molecule has 0 saturated heterocycles. The van der Waals surface area contributed by atoms with E-state index >= 15 is 0 Å². The molecule has 2 fully saturated rings. The minimum atomic E-state index is 0.0823. The lowest BCUT2D eigenvalue weighted by molar-refractivity contribution is -0.135. The van der Waals surface area contributed by atoms with Crippen molar-refractivity contribution in [1.29, 1.82) is 0 Å². The van der Waals surface area contributed by atoms with Crippen molar-refractivity contribution < 1.29 is 9.90 Å². The van der Waals surface area contributed by atoms with Crippen LogP contribution in [-0.2, 0) is 4.79 Å². The second-order valence-corrected chi connectivity index (χ2v) is 6.42. The molecule has 2 aliphatic carbocycles. The largest absolute Gasteiger partial charge is 0.395 e. The van der Waals surface area contributed by atoms with Gasteiger partial charge < -0.3 is 10.0 Å². The van der Waals surface area contributed by atoms with Crippen molar-refractivity contribution in [1.82, 2.24) is 4.90 Å². The Bertz CT molecular complexity index is 301. The van der Waals surface area contributed by atoms with Gasteiger partial charge in [0.05, 0.1) is 6.61 Å². The molecule has 1 amide bonds. The van der Waals surface area contributed by atoms with Crippen molar-refractivity contribution >= 4 is 5.91 Å². The summed E-state index contributed by atoms with van der Waals surface area (Å²) in [6, 6.07) is 0.304. The van der Waals surface area contributed by atoms with Gasteiger partial charge in [-0.25, -0.2) is 0 Å². The molecule has 0 heterocycles. The molecule has 2 aliphatic rings. The van der Waals surface area contributed by atoms with Crippen molar-refractivity contribution in [2.75, 3.05) is 13.2 Å². The van der Waals surface area contributed by atoms with E-state index < -0.39 is 0 Å². The molecule has 110 valence electrons. The Morgan fingerprint density at radius 1 is 1.26 bits per heavy atom. The average Bonchev–Trinajstić information content (AvgIpc) is 3.01. The monoisotopic (exact) mass is 267 g/mol. The van der Waals surface area contributed by atoms with E-state index in [1.165, 1.54) is 25.7 Å². The van der Waals surface area contributed by atoms with Crippen LogP contribution in [0.3, 0.4) is 0 Å². The number of carbonyl (C=O) groups is 1. The maximum atomic E-state index is 12.5. The molecule has 0 spiro atoms. The van der Waals surface area contributed by atoms with E-state index in [1.54, 1.807) is 0 Å². The molecule has 3 unspecified atom stereocenters. The summed E-state index contributed by atoms with van der Waals surface area (Å²) in [6.45, 7) is 4.84. The molecule has 2 bridgehead atoms. The Labute approximate surface area is 117 Å². The molecule has 0 aromatic heterocycles. The number of nitrogens with zero attached hydrogens (tertiary/aromatic N) is 1. The first-order chi connectivity index (χ1) is 9.19. The summed E-state index contributed by atoms with van der Waals surface area (Å²) in [5.41, 5.74) is 0. The number of hydrogen-bond donors (Lipinski definition) is 1. The summed E-state index contributed by atoms with van der Waals surface area (Å²) >= 11 is 0. The first-order valence-corrected chi connectivity index (χ1v) is 8.09. The summed E-state index contributed by atoms with van der Waals surface area (Å²) < 4.78 is 0. The lowest BCUT2D eigenvalue weighted by Crippen LogP contribution is -2.42. The van der Waals surface area contributed by atoms with Gasteiger partial charge in [0.25, 0.3) is 0 Å². The fraction of sp³-hybridized carbons (Fsp3) is 0.938. The smallest absolute Gasteiger partial charge is 0.223 e. The first kappa shape index (κ1) is 14.8. The zero-order valence-corrected chi connectivity index (χ0v) is 12.5. The average molecular weight is 267 g/mol.